The highest BCUT2D eigenvalue weighted by Gasteiger charge is 2.07. The molecule has 0 fully saturated rings. The van der Waals surface area contributed by atoms with Gasteiger partial charge in [-0.05, 0) is 12.5 Å². The van der Waals surface area contributed by atoms with Crippen molar-refractivity contribution in [2.24, 2.45) is 0 Å². The van der Waals surface area contributed by atoms with Crippen molar-refractivity contribution in [3.8, 4) is 11.4 Å². The third-order valence-electron chi connectivity index (χ3n) is 2.62. The molecule has 2 aromatic rings. The van der Waals surface area contributed by atoms with Gasteiger partial charge < -0.3 is 10.6 Å². The number of hydrogen-bond acceptors (Lipinski definition) is 4. The molecular formula is C13H16N4. The summed E-state index contributed by atoms with van der Waals surface area (Å²) in [5.74, 6) is 2.35. The second kappa shape index (κ2) is 4.82. The van der Waals surface area contributed by atoms with Crippen LogP contribution in [-0.2, 0) is 0 Å². The quantitative estimate of drug-likeness (QED) is 0.847. The topological polar surface area (TPSA) is 49.8 Å². The molecule has 0 unspecified atom stereocenters. The minimum atomic E-state index is 0.735. The number of nitrogens with one attached hydrogen (secondary N) is 2. The van der Waals surface area contributed by atoms with E-state index in [2.05, 4.69) is 33.6 Å². The molecule has 0 aliphatic carbocycles. The number of aryl methyl sites for hydroxylation is 1. The van der Waals surface area contributed by atoms with Gasteiger partial charge in [0.2, 0.25) is 0 Å². The maximum Gasteiger partial charge on any atom is 0.164 e. The average molecular weight is 228 g/mol. The van der Waals surface area contributed by atoms with Crippen LogP contribution in [0.5, 0.6) is 0 Å². The lowest BCUT2D eigenvalue weighted by Gasteiger charge is -2.09. The van der Waals surface area contributed by atoms with Crippen LogP contribution in [0.25, 0.3) is 11.4 Å². The molecule has 0 spiro atoms. The summed E-state index contributed by atoms with van der Waals surface area (Å²) in [6.07, 6.45) is 0. The Labute approximate surface area is 101 Å². The van der Waals surface area contributed by atoms with Gasteiger partial charge in [-0.15, -0.1) is 0 Å². The summed E-state index contributed by atoms with van der Waals surface area (Å²) in [5.41, 5.74) is 2.23. The van der Waals surface area contributed by atoms with Crippen molar-refractivity contribution in [1.82, 2.24) is 9.97 Å². The van der Waals surface area contributed by atoms with Crippen LogP contribution in [0.2, 0.25) is 0 Å². The van der Waals surface area contributed by atoms with E-state index in [0.29, 0.717) is 0 Å². The predicted molar refractivity (Wildman–Crippen MR) is 71.3 cm³/mol. The van der Waals surface area contributed by atoms with Gasteiger partial charge in [0.15, 0.2) is 5.82 Å². The molecule has 0 radical (unpaired) electrons. The molecule has 1 heterocycles. The maximum atomic E-state index is 4.47. The van der Waals surface area contributed by atoms with Crippen LogP contribution in [0.15, 0.2) is 30.3 Å². The van der Waals surface area contributed by atoms with Gasteiger partial charge in [-0.2, -0.15) is 0 Å². The van der Waals surface area contributed by atoms with E-state index in [1.807, 2.05) is 38.4 Å². The lowest BCUT2D eigenvalue weighted by atomic mass is 10.1. The van der Waals surface area contributed by atoms with Crippen LogP contribution in [0.1, 0.15) is 5.56 Å². The molecule has 0 aliphatic rings. The van der Waals surface area contributed by atoms with E-state index in [9.17, 15) is 0 Å². The van der Waals surface area contributed by atoms with E-state index in [1.165, 1.54) is 5.56 Å². The van der Waals surface area contributed by atoms with E-state index in [1.54, 1.807) is 0 Å². The molecule has 0 aliphatic heterocycles. The Morgan fingerprint density at radius 1 is 0.941 bits per heavy atom. The fourth-order valence-electron chi connectivity index (χ4n) is 1.65. The van der Waals surface area contributed by atoms with E-state index < -0.39 is 0 Å². The zero-order chi connectivity index (χ0) is 12.3. The summed E-state index contributed by atoms with van der Waals surface area (Å²) >= 11 is 0. The molecule has 0 atom stereocenters. The Morgan fingerprint density at radius 3 is 2.06 bits per heavy atom. The van der Waals surface area contributed by atoms with Crippen LogP contribution in [0, 0.1) is 6.92 Å². The number of anilines is 2. The second-order valence-electron chi connectivity index (χ2n) is 3.78. The first-order chi connectivity index (χ1) is 8.24. The smallest absolute Gasteiger partial charge is 0.164 e. The SMILES string of the molecule is CNc1cc(NC)nc(-c2ccccc2C)n1. The van der Waals surface area contributed by atoms with Crippen molar-refractivity contribution >= 4 is 11.6 Å². The highest BCUT2D eigenvalue weighted by molar-refractivity contribution is 5.64. The Balaban J connectivity index is 2.55. The Bertz CT molecular complexity index is 500. The van der Waals surface area contributed by atoms with E-state index in [-0.39, 0.29) is 0 Å². The monoisotopic (exact) mass is 228 g/mol. The third kappa shape index (κ3) is 2.36. The third-order valence-corrected chi connectivity index (χ3v) is 2.62. The van der Waals surface area contributed by atoms with Gasteiger partial charge in [-0.1, -0.05) is 24.3 Å². The summed E-state index contributed by atoms with van der Waals surface area (Å²) in [4.78, 5) is 8.94. The van der Waals surface area contributed by atoms with E-state index in [0.717, 1.165) is 23.0 Å². The van der Waals surface area contributed by atoms with Crippen molar-refractivity contribution in [3.05, 3.63) is 35.9 Å². The Hall–Kier alpha value is -2.10. The standard InChI is InChI=1S/C13H16N4/c1-9-6-4-5-7-10(9)13-16-11(14-2)8-12(15-3)17-13/h4-8H,1-3H3,(H2,14,15,16,17). The van der Waals surface area contributed by atoms with Crippen molar-refractivity contribution in [2.45, 2.75) is 6.92 Å². The van der Waals surface area contributed by atoms with Gasteiger partial charge in [0.05, 0.1) is 0 Å². The molecule has 0 amide bonds. The van der Waals surface area contributed by atoms with Crippen LogP contribution in [0.3, 0.4) is 0 Å². The second-order valence-corrected chi connectivity index (χ2v) is 3.78. The summed E-state index contributed by atoms with van der Waals surface area (Å²) in [5, 5.41) is 6.08. The number of aromatic nitrogens is 2. The molecule has 2 rings (SSSR count). The Kier molecular flexibility index (Phi) is 3.23. The van der Waals surface area contributed by atoms with Crippen molar-refractivity contribution in [3.63, 3.8) is 0 Å². The first-order valence-corrected chi connectivity index (χ1v) is 5.55. The normalized spacial score (nSPS) is 10.1. The van der Waals surface area contributed by atoms with Crippen molar-refractivity contribution in [1.29, 1.82) is 0 Å². The highest BCUT2D eigenvalue weighted by Crippen LogP contribution is 2.22. The molecule has 0 saturated carbocycles. The molecule has 88 valence electrons. The minimum absolute atomic E-state index is 0.735. The van der Waals surface area contributed by atoms with E-state index >= 15 is 0 Å². The van der Waals surface area contributed by atoms with Crippen LogP contribution < -0.4 is 10.6 Å². The number of hydrogen-bond donors (Lipinski definition) is 2. The summed E-state index contributed by atoms with van der Waals surface area (Å²) < 4.78 is 0. The zero-order valence-corrected chi connectivity index (χ0v) is 10.3. The van der Waals surface area contributed by atoms with Gasteiger partial charge in [-0.3, -0.25) is 0 Å². The van der Waals surface area contributed by atoms with Gasteiger partial charge >= 0.3 is 0 Å². The molecule has 1 aromatic carbocycles. The molecular weight excluding hydrogens is 212 g/mol. The van der Waals surface area contributed by atoms with Crippen LogP contribution in [0.4, 0.5) is 11.6 Å². The van der Waals surface area contributed by atoms with Gasteiger partial charge in [0.25, 0.3) is 0 Å². The molecule has 17 heavy (non-hydrogen) atoms. The van der Waals surface area contributed by atoms with Gasteiger partial charge in [0, 0.05) is 25.7 Å². The molecule has 1 aromatic heterocycles. The Morgan fingerprint density at radius 2 is 1.53 bits per heavy atom. The van der Waals surface area contributed by atoms with E-state index in [4.69, 9.17) is 0 Å². The largest absolute Gasteiger partial charge is 0.373 e. The van der Waals surface area contributed by atoms with Crippen LogP contribution in [-0.4, -0.2) is 24.1 Å². The van der Waals surface area contributed by atoms with Crippen molar-refractivity contribution < 1.29 is 0 Å². The van der Waals surface area contributed by atoms with Crippen LogP contribution >= 0.6 is 0 Å². The molecule has 0 bridgehead atoms. The summed E-state index contributed by atoms with van der Waals surface area (Å²) in [6, 6.07) is 9.98. The predicted octanol–water partition coefficient (Wildman–Crippen LogP) is 2.54. The highest BCUT2D eigenvalue weighted by atomic mass is 15.1. The molecule has 4 nitrogen and oxygen atoms in total. The van der Waals surface area contributed by atoms with Crippen molar-refractivity contribution in [2.75, 3.05) is 24.7 Å². The lowest BCUT2D eigenvalue weighted by Crippen LogP contribution is -2.01. The fraction of sp³-hybridized carbons (Fsp3) is 0.231. The first kappa shape index (κ1) is 11.4. The average Bonchev–Trinajstić information content (AvgIpc) is 2.38. The number of nitrogens with zero attached hydrogens (tertiary/aromatic N) is 2. The first-order valence-electron chi connectivity index (χ1n) is 5.55. The fourth-order valence-corrected chi connectivity index (χ4v) is 1.65. The zero-order valence-electron chi connectivity index (χ0n) is 10.3. The summed E-state index contributed by atoms with van der Waals surface area (Å²) in [7, 11) is 3.70. The van der Waals surface area contributed by atoms with Gasteiger partial charge in [-0.25, -0.2) is 9.97 Å². The lowest BCUT2D eigenvalue weighted by molar-refractivity contribution is 1.15. The summed E-state index contributed by atoms with van der Waals surface area (Å²) in [6.45, 7) is 2.06. The number of rotatable bonds is 3. The molecule has 0 saturated heterocycles. The van der Waals surface area contributed by atoms with Gasteiger partial charge in [0.1, 0.15) is 11.6 Å². The maximum absolute atomic E-state index is 4.47. The minimum Gasteiger partial charge on any atom is -0.373 e. The number of benzene rings is 1. The molecule has 4 heteroatoms. The molecule has 2 N–H and O–H groups in total.